The predicted octanol–water partition coefficient (Wildman–Crippen LogP) is 3.85. The van der Waals surface area contributed by atoms with Crippen LogP contribution in [0.5, 0.6) is 5.75 Å². The van der Waals surface area contributed by atoms with Crippen molar-refractivity contribution in [2.45, 2.75) is 6.36 Å². The molecule has 0 aliphatic carbocycles. The molecule has 3 aromatic rings. The highest BCUT2D eigenvalue weighted by Crippen LogP contribution is 2.35. The Balaban J connectivity index is 2.16. The molecule has 0 fully saturated rings. The van der Waals surface area contributed by atoms with Gasteiger partial charge in [-0.25, -0.2) is 9.97 Å². The first-order valence-corrected chi connectivity index (χ1v) is 5.94. The van der Waals surface area contributed by atoms with Gasteiger partial charge < -0.3 is 9.15 Å². The molecule has 4 nitrogen and oxygen atoms in total. The third-order valence-electron chi connectivity index (χ3n) is 2.30. The van der Waals surface area contributed by atoms with Crippen molar-refractivity contribution in [3.63, 3.8) is 0 Å². The number of hydrogen-bond acceptors (Lipinski definition) is 5. The van der Waals surface area contributed by atoms with Crippen LogP contribution in [0.2, 0.25) is 0 Å². The molecule has 8 heteroatoms. The second kappa shape index (κ2) is 4.23. The van der Waals surface area contributed by atoms with Crippen molar-refractivity contribution < 1.29 is 22.3 Å². The first-order valence-electron chi connectivity index (χ1n) is 5.06. The smallest absolute Gasteiger partial charge is 0.443 e. The highest BCUT2D eigenvalue weighted by atomic mass is 32.1. The Kier molecular flexibility index (Phi) is 2.67. The van der Waals surface area contributed by atoms with E-state index < -0.39 is 6.36 Å². The Morgan fingerprint density at radius 2 is 2.05 bits per heavy atom. The highest BCUT2D eigenvalue weighted by Gasteiger charge is 2.31. The minimum atomic E-state index is -4.75. The third kappa shape index (κ3) is 2.39. The number of nitrogens with zero attached hydrogens (tertiary/aromatic N) is 2. The van der Waals surface area contributed by atoms with Crippen LogP contribution < -0.4 is 4.74 Å². The van der Waals surface area contributed by atoms with Gasteiger partial charge in [0.1, 0.15) is 16.3 Å². The largest absolute Gasteiger partial charge is 0.573 e. The molecule has 0 bridgehead atoms. The SMILES string of the molecule is FC(F)(F)Oc1cc(-c2nccs2)c2ocnc2c1. The molecule has 0 radical (unpaired) electrons. The summed E-state index contributed by atoms with van der Waals surface area (Å²) < 4.78 is 45.9. The third-order valence-corrected chi connectivity index (χ3v) is 3.11. The van der Waals surface area contributed by atoms with Crippen LogP contribution in [0.15, 0.2) is 34.5 Å². The lowest BCUT2D eigenvalue weighted by Crippen LogP contribution is -2.17. The number of ether oxygens (including phenoxy) is 1. The molecule has 0 spiro atoms. The van der Waals surface area contributed by atoms with E-state index in [1.54, 1.807) is 11.6 Å². The van der Waals surface area contributed by atoms with Gasteiger partial charge in [-0.2, -0.15) is 0 Å². The van der Waals surface area contributed by atoms with Gasteiger partial charge in [0.2, 0.25) is 0 Å². The number of hydrogen-bond donors (Lipinski definition) is 0. The number of benzene rings is 1. The minimum absolute atomic E-state index is 0.284. The summed E-state index contributed by atoms with van der Waals surface area (Å²) in [6.07, 6.45) is -2.03. The number of rotatable bonds is 2. The lowest BCUT2D eigenvalue weighted by atomic mass is 10.2. The van der Waals surface area contributed by atoms with E-state index >= 15 is 0 Å². The van der Waals surface area contributed by atoms with Gasteiger partial charge in [-0.05, 0) is 6.07 Å². The first kappa shape index (κ1) is 12.0. The van der Waals surface area contributed by atoms with E-state index in [1.807, 2.05) is 0 Å². The quantitative estimate of drug-likeness (QED) is 0.718. The summed E-state index contributed by atoms with van der Waals surface area (Å²) in [6, 6.07) is 2.41. The van der Waals surface area contributed by atoms with Crippen LogP contribution in [0.25, 0.3) is 21.7 Å². The van der Waals surface area contributed by atoms with Gasteiger partial charge in [-0.3, -0.25) is 0 Å². The van der Waals surface area contributed by atoms with Crippen molar-refractivity contribution in [3.05, 3.63) is 30.1 Å². The van der Waals surface area contributed by atoms with Crippen LogP contribution in [0.4, 0.5) is 13.2 Å². The molecule has 0 N–H and O–H groups in total. The second-order valence-electron chi connectivity index (χ2n) is 3.56. The molecule has 2 heterocycles. The molecule has 0 aliphatic rings. The van der Waals surface area contributed by atoms with Gasteiger partial charge in [0.15, 0.2) is 12.0 Å². The molecule has 0 atom stereocenters. The van der Waals surface area contributed by atoms with Gasteiger partial charge in [-0.15, -0.1) is 24.5 Å². The van der Waals surface area contributed by atoms with E-state index in [-0.39, 0.29) is 11.3 Å². The molecule has 19 heavy (non-hydrogen) atoms. The molecule has 1 aromatic carbocycles. The monoisotopic (exact) mass is 286 g/mol. The zero-order chi connectivity index (χ0) is 13.5. The first-order chi connectivity index (χ1) is 9.03. The molecule has 0 amide bonds. The summed E-state index contributed by atoms with van der Waals surface area (Å²) in [6.45, 7) is 0. The van der Waals surface area contributed by atoms with Gasteiger partial charge in [0, 0.05) is 17.6 Å². The average molecular weight is 286 g/mol. The highest BCUT2D eigenvalue weighted by molar-refractivity contribution is 7.13. The molecule has 3 rings (SSSR count). The van der Waals surface area contributed by atoms with Gasteiger partial charge in [0.25, 0.3) is 0 Å². The Morgan fingerprint density at radius 1 is 1.21 bits per heavy atom. The summed E-state index contributed by atoms with van der Waals surface area (Å²) in [5.74, 6) is -0.348. The van der Waals surface area contributed by atoms with E-state index in [9.17, 15) is 13.2 Å². The molecule has 0 aliphatic heterocycles. The van der Waals surface area contributed by atoms with Crippen molar-refractivity contribution in [1.29, 1.82) is 0 Å². The summed E-state index contributed by atoms with van der Waals surface area (Å²) >= 11 is 1.29. The summed E-state index contributed by atoms with van der Waals surface area (Å²) in [4.78, 5) is 7.89. The number of thiazole rings is 1. The molecule has 0 saturated carbocycles. The zero-order valence-electron chi connectivity index (χ0n) is 9.14. The summed E-state index contributed by atoms with van der Waals surface area (Å²) in [5, 5.41) is 2.25. The van der Waals surface area contributed by atoms with Crippen LogP contribution in [-0.4, -0.2) is 16.3 Å². The Bertz CT molecular complexity index is 706. The maximum absolute atomic E-state index is 12.3. The number of oxazole rings is 1. The van der Waals surface area contributed by atoms with Gasteiger partial charge in [-0.1, -0.05) is 0 Å². The normalized spacial score (nSPS) is 11.9. The zero-order valence-corrected chi connectivity index (χ0v) is 9.96. The van der Waals surface area contributed by atoms with Crippen molar-refractivity contribution in [3.8, 4) is 16.3 Å². The average Bonchev–Trinajstić information content (AvgIpc) is 2.96. The van der Waals surface area contributed by atoms with E-state index in [0.29, 0.717) is 16.2 Å². The number of aromatic nitrogens is 2. The molecule has 98 valence electrons. The fraction of sp³-hybridized carbons (Fsp3) is 0.0909. The lowest BCUT2D eigenvalue weighted by molar-refractivity contribution is -0.274. The van der Waals surface area contributed by atoms with Crippen molar-refractivity contribution in [1.82, 2.24) is 9.97 Å². The van der Waals surface area contributed by atoms with Crippen LogP contribution in [0, 0.1) is 0 Å². The van der Waals surface area contributed by atoms with Gasteiger partial charge in [0.05, 0.1) is 5.56 Å². The summed E-state index contributed by atoms with van der Waals surface area (Å²) in [7, 11) is 0. The Morgan fingerprint density at radius 3 is 2.74 bits per heavy atom. The predicted molar refractivity (Wildman–Crippen MR) is 61.8 cm³/mol. The van der Waals surface area contributed by atoms with Crippen LogP contribution in [0.3, 0.4) is 0 Å². The van der Waals surface area contributed by atoms with Crippen LogP contribution >= 0.6 is 11.3 Å². The number of halogens is 3. The van der Waals surface area contributed by atoms with Crippen molar-refractivity contribution >= 4 is 22.4 Å². The van der Waals surface area contributed by atoms with E-state index in [1.165, 1.54) is 29.9 Å². The fourth-order valence-corrected chi connectivity index (χ4v) is 2.30. The van der Waals surface area contributed by atoms with E-state index in [2.05, 4.69) is 14.7 Å². The molecule has 0 unspecified atom stereocenters. The van der Waals surface area contributed by atoms with Crippen molar-refractivity contribution in [2.75, 3.05) is 0 Å². The number of alkyl halides is 3. The molecular weight excluding hydrogens is 281 g/mol. The second-order valence-corrected chi connectivity index (χ2v) is 4.45. The van der Waals surface area contributed by atoms with Gasteiger partial charge >= 0.3 is 6.36 Å². The van der Waals surface area contributed by atoms with Crippen molar-refractivity contribution in [2.24, 2.45) is 0 Å². The topological polar surface area (TPSA) is 48.2 Å². The maximum atomic E-state index is 12.3. The Labute approximate surface area is 108 Å². The van der Waals surface area contributed by atoms with Crippen LogP contribution in [-0.2, 0) is 0 Å². The molecular formula is C11H5F3N2O2S. The molecule has 2 aromatic heterocycles. The standard InChI is InChI=1S/C11H5F3N2O2S/c12-11(13,14)18-6-3-7(10-15-1-2-19-10)9-8(4-6)16-5-17-9/h1-5H. The fourth-order valence-electron chi connectivity index (χ4n) is 1.65. The number of fused-ring (bicyclic) bond motifs is 1. The Hall–Kier alpha value is -2.09. The van der Waals surface area contributed by atoms with Crippen LogP contribution in [0.1, 0.15) is 0 Å². The minimum Gasteiger partial charge on any atom is -0.443 e. The van der Waals surface area contributed by atoms with E-state index in [4.69, 9.17) is 4.42 Å². The maximum Gasteiger partial charge on any atom is 0.573 e. The lowest BCUT2D eigenvalue weighted by Gasteiger charge is -2.09. The summed E-state index contributed by atoms with van der Waals surface area (Å²) in [5.41, 5.74) is 1.08. The molecule has 0 saturated heterocycles. The van der Waals surface area contributed by atoms with E-state index in [0.717, 1.165) is 0 Å².